The normalized spacial score (nSPS) is 13.5. The molecular weight excluding hydrogens is 786 g/mol. The number of nitrogens with one attached hydrogen (secondary N) is 5. The quantitative estimate of drug-likeness (QED) is 0.0237. The molecule has 0 aliphatic carbocycles. The van der Waals surface area contributed by atoms with E-state index in [4.69, 9.17) is 11.5 Å². The van der Waals surface area contributed by atoms with Crippen LogP contribution in [-0.2, 0) is 64.0 Å². The zero-order chi connectivity index (χ0) is 44.7. The molecule has 1 aromatic carbocycles. The van der Waals surface area contributed by atoms with Gasteiger partial charge in [-0.25, -0.2) is 0 Å². The van der Waals surface area contributed by atoms with Crippen LogP contribution in [0, 0.1) is 18.3 Å². The second-order valence-electron chi connectivity index (χ2n) is 12.9. The molecule has 1 rings (SSSR count). The summed E-state index contributed by atoms with van der Waals surface area (Å²) in [5.74, 6) is -13.3. The number of ketones is 1. The number of hydrogen-bond acceptors (Lipinski definition) is 12. The molecule has 22 nitrogen and oxygen atoms in total. The van der Waals surface area contributed by atoms with Crippen LogP contribution in [-0.4, -0.2) is 127 Å². The number of carboxylic acid groups (broad SMARTS) is 5. The minimum Gasteiger partial charge on any atom is -0.481 e. The molecule has 0 heterocycles. The van der Waals surface area contributed by atoms with Crippen LogP contribution in [0.1, 0.15) is 69.8 Å². The molecule has 0 saturated carbocycles. The van der Waals surface area contributed by atoms with Crippen LogP contribution >= 0.6 is 0 Å². The Morgan fingerprint density at radius 1 is 0.542 bits per heavy atom. The Morgan fingerprint density at radius 3 is 1.41 bits per heavy atom. The van der Waals surface area contributed by atoms with Crippen LogP contribution in [0.15, 0.2) is 30.3 Å². The van der Waals surface area contributed by atoms with Crippen molar-refractivity contribution in [2.75, 3.05) is 0 Å². The first kappa shape index (κ1) is 49.8. The highest BCUT2D eigenvalue weighted by atomic mass is 16.4. The first-order valence-electron chi connectivity index (χ1n) is 17.8. The van der Waals surface area contributed by atoms with Crippen molar-refractivity contribution in [1.29, 1.82) is 0 Å². The van der Waals surface area contributed by atoms with E-state index in [0.717, 1.165) is 0 Å². The number of rotatable bonds is 29. The van der Waals surface area contributed by atoms with Gasteiger partial charge in [0.05, 0.1) is 24.8 Å². The van der Waals surface area contributed by atoms with Gasteiger partial charge in [-0.1, -0.05) is 30.3 Å². The SMILES string of the molecule is C#CC[C@@H](C=O)C(=O)[C@H](CCC(=O)O)NC(=O)[C@@H](CCC(=O)O)NC(=O)[C@H](Cc1ccccc1)NC(=O)[C@H](CCC(=O)O)NC(=O)[C@H](CC(=O)O)NC(=O)CCC(=O)O. The lowest BCUT2D eigenvalue weighted by Gasteiger charge is -2.27. The van der Waals surface area contributed by atoms with E-state index in [0.29, 0.717) is 5.56 Å². The van der Waals surface area contributed by atoms with Gasteiger partial charge in [-0.2, -0.15) is 0 Å². The fraction of sp³-hybridized carbons (Fsp3) is 0.459. The lowest BCUT2D eigenvalue weighted by Crippen LogP contribution is -2.59. The van der Waals surface area contributed by atoms with Crippen molar-refractivity contribution in [2.45, 2.75) is 101 Å². The standard InChI is InChI=1S/C37H45N5O17/c1-2-6-21(19-43)33(55)22(9-13-28(45)46)39-34(56)23(10-14-29(47)48)40-36(58)25(17-20-7-4-3-5-8-20)42-35(57)24(11-15-30(49)50)41-37(59)26(18-32(53)54)38-27(44)12-16-31(51)52/h1,3-5,7-8,19,21-26H,6,9-18H2,(H,38,44)(H,39,56)(H,40,58)(H,41,59)(H,42,57)(H,45,46)(H,47,48)(H,49,50)(H,51,52)(H,53,54)/t21-,22-,23+,24-,25-,26-/m0/s1. The highest BCUT2D eigenvalue weighted by molar-refractivity contribution is 6.01. The topological polar surface area (TPSA) is 366 Å². The summed E-state index contributed by atoms with van der Waals surface area (Å²) in [4.78, 5) is 148. The molecule has 0 aliphatic rings. The van der Waals surface area contributed by atoms with Gasteiger partial charge in [-0.3, -0.25) is 52.7 Å². The van der Waals surface area contributed by atoms with Crippen molar-refractivity contribution in [2.24, 2.45) is 5.92 Å². The van der Waals surface area contributed by atoms with Gasteiger partial charge in [0, 0.05) is 38.5 Å². The highest BCUT2D eigenvalue weighted by Crippen LogP contribution is 2.12. The van der Waals surface area contributed by atoms with E-state index in [-0.39, 0.29) is 12.7 Å². The Kier molecular flexibility index (Phi) is 21.9. The minimum atomic E-state index is -1.87. The third kappa shape index (κ3) is 20.0. The van der Waals surface area contributed by atoms with Gasteiger partial charge in [0.15, 0.2) is 5.78 Å². The lowest BCUT2D eigenvalue weighted by molar-refractivity contribution is -0.142. The zero-order valence-electron chi connectivity index (χ0n) is 31.4. The Labute approximate surface area is 335 Å². The zero-order valence-corrected chi connectivity index (χ0v) is 31.4. The summed E-state index contributed by atoms with van der Waals surface area (Å²) in [6, 6.07) is -0.909. The Hall–Kier alpha value is -7.18. The van der Waals surface area contributed by atoms with E-state index >= 15 is 0 Å². The predicted molar refractivity (Wildman–Crippen MR) is 198 cm³/mol. The Bertz CT molecular complexity index is 1780. The third-order valence-electron chi connectivity index (χ3n) is 8.25. The average molecular weight is 832 g/mol. The molecule has 0 spiro atoms. The van der Waals surface area contributed by atoms with Crippen molar-refractivity contribution in [1.82, 2.24) is 26.6 Å². The van der Waals surface area contributed by atoms with Gasteiger partial charge in [0.25, 0.3) is 0 Å². The van der Waals surface area contributed by atoms with Crippen molar-refractivity contribution in [3.05, 3.63) is 35.9 Å². The van der Waals surface area contributed by atoms with Gasteiger partial charge in [-0.05, 0) is 24.8 Å². The molecule has 0 bridgehead atoms. The number of aliphatic carboxylic acids is 5. The summed E-state index contributed by atoms with van der Waals surface area (Å²) in [5.41, 5.74) is 0.406. The molecule has 1 aromatic rings. The fourth-order valence-electron chi connectivity index (χ4n) is 5.25. The molecule has 5 amide bonds. The van der Waals surface area contributed by atoms with Crippen molar-refractivity contribution in [3.8, 4) is 12.3 Å². The molecule has 0 unspecified atom stereocenters. The number of terminal acetylenes is 1. The van der Waals surface area contributed by atoms with Crippen LogP contribution in [0.5, 0.6) is 0 Å². The van der Waals surface area contributed by atoms with E-state index in [2.05, 4.69) is 27.2 Å². The monoisotopic (exact) mass is 831 g/mol. The van der Waals surface area contributed by atoms with E-state index in [1.54, 1.807) is 18.2 Å². The Morgan fingerprint density at radius 2 is 0.966 bits per heavy atom. The summed E-state index contributed by atoms with van der Waals surface area (Å²) in [7, 11) is 0. The summed E-state index contributed by atoms with van der Waals surface area (Å²) < 4.78 is 0. The van der Waals surface area contributed by atoms with Gasteiger partial charge < -0.3 is 56.9 Å². The number of amides is 5. The van der Waals surface area contributed by atoms with Crippen LogP contribution in [0.3, 0.4) is 0 Å². The maximum atomic E-state index is 13.9. The van der Waals surface area contributed by atoms with Gasteiger partial charge in [0.1, 0.15) is 30.5 Å². The number of Topliss-reactive ketones (excluding diaryl/α,β-unsaturated/α-hetero) is 1. The minimum absolute atomic E-state index is 0.208. The molecule has 0 aliphatic heterocycles. The highest BCUT2D eigenvalue weighted by Gasteiger charge is 2.35. The number of carboxylic acids is 5. The number of carbonyl (C=O) groups is 12. The molecule has 59 heavy (non-hydrogen) atoms. The molecule has 22 heteroatoms. The van der Waals surface area contributed by atoms with E-state index in [1.807, 2.05) is 5.32 Å². The second kappa shape index (κ2) is 25.9. The molecule has 6 atom stereocenters. The van der Waals surface area contributed by atoms with Gasteiger partial charge >= 0.3 is 29.8 Å². The second-order valence-corrected chi connectivity index (χ2v) is 12.9. The van der Waals surface area contributed by atoms with E-state index in [9.17, 15) is 78.0 Å². The summed E-state index contributed by atoms with van der Waals surface area (Å²) in [6.45, 7) is 0. The molecule has 10 N–H and O–H groups in total. The number of aldehydes is 1. The molecule has 0 saturated heterocycles. The van der Waals surface area contributed by atoms with Crippen molar-refractivity contribution < 1.29 is 83.1 Å². The average Bonchev–Trinajstić information content (AvgIpc) is 3.16. The Balaban J connectivity index is 3.53. The summed E-state index contributed by atoms with van der Waals surface area (Å²) >= 11 is 0. The summed E-state index contributed by atoms with van der Waals surface area (Å²) in [5, 5.41) is 57.1. The molecule has 0 aromatic heterocycles. The maximum Gasteiger partial charge on any atom is 0.305 e. The largest absolute Gasteiger partial charge is 0.481 e. The number of carbonyl (C=O) groups excluding carboxylic acids is 7. The molecule has 0 fully saturated rings. The van der Waals surface area contributed by atoms with E-state index in [1.165, 1.54) is 12.1 Å². The number of benzene rings is 1. The molecular formula is C37H45N5O17. The van der Waals surface area contributed by atoms with E-state index < -0.39 is 166 Å². The molecule has 0 radical (unpaired) electrons. The van der Waals surface area contributed by atoms with Crippen LogP contribution in [0.4, 0.5) is 0 Å². The fourth-order valence-corrected chi connectivity index (χ4v) is 5.25. The predicted octanol–water partition coefficient (Wildman–Crippen LogP) is -2.01. The van der Waals surface area contributed by atoms with Crippen molar-refractivity contribution >= 4 is 71.5 Å². The lowest BCUT2D eigenvalue weighted by atomic mass is 9.93. The maximum absolute atomic E-state index is 13.9. The summed E-state index contributed by atoms with van der Waals surface area (Å²) in [6.07, 6.45) is -1.58. The number of hydrogen-bond donors (Lipinski definition) is 10. The van der Waals surface area contributed by atoms with Crippen LogP contribution < -0.4 is 26.6 Å². The van der Waals surface area contributed by atoms with Gasteiger partial charge in [-0.15, -0.1) is 12.3 Å². The molecule has 320 valence electrons. The first-order chi connectivity index (χ1) is 27.8. The third-order valence-corrected chi connectivity index (χ3v) is 8.25. The van der Waals surface area contributed by atoms with Crippen LogP contribution in [0.2, 0.25) is 0 Å². The first-order valence-corrected chi connectivity index (χ1v) is 17.8. The smallest absolute Gasteiger partial charge is 0.305 e. The van der Waals surface area contributed by atoms with Crippen LogP contribution in [0.25, 0.3) is 0 Å². The van der Waals surface area contributed by atoms with Gasteiger partial charge in [0.2, 0.25) is 29.5 Å². The van der Waals surface area contributed by atoms with Crippen molar-refractivity contribution in [3.63, 3.8) is 0 Å².